The average molecular weight is 379 g/mol. The van der Waals surface area contributed by atoms with Crippen LogP contribution in [0, 0.1) is 0 Å². The molecule has 6 nitrogen and oxygen atoms in total. The number of H-pyrrole nitrogens is 1. The van der Waals surface area contributed by atoms with Gasteiger partial charge in [-0.3, -0.25) is 9.89 Å². The van der Waals surface area contributed by atoms with Crippen LogP contribution in [0.5, 0.6) is 5.75 Å². The van der Waals surface area contributed by atoms with Crippen molar-refractivity contribution < 1.29 is 27.8 Å². The van der Waals surface area contributed by atoms with E-state index >= 15 is 0 Å². The van der Waals surface area contributed by atoms with Crippen molar-refractivity contribution in [3.05, 3.63) is 59.8 Å². The molecule has 0 saturated heterocycles. The van der Waals surface area contributed by atoms with E-state index in [0.29, 0.717) is 10.9 Å². The van der Waals surface area contributed by atoms with E-state index in [1.165, 1.54) is 12.1 Å². The van der Waals surface area contributed by atoms with Gasteiger partial charge in [-0.25, -0.2) is 0 Å². The lowest BCUT2D eigenvalue weighted by atomic mass is 10.2. The van der Waals surface area contributed by atoms with Gasteiger partial charge in [-0.1, -0.05) is 18.2 Å². The Morgan fingerprint density at radius 1 is 1.19 bits per heavy atom. The minimum absolute atomic E-state index is 0.0966. The largest absolute Gasteiger partial charge is 0.491 e. The number of carbonyl (C=O) groups is 1. The van der Waals surface area contributed by atoms with Crippen molar-refractivity contribution in [1.29, 1.82) is 0 Å². The number of hydrogen-bond donors (Lipinski definition) is 3. The standard InChI is InChI=1S/C18H16F3N3O3/c19-18(20,21)11-5-7-13(8-6-11)27-10-12(25)9-22-17(26)16-14-3-1-2-4-15(14)23-24-16/h1-8,12,25H,9-10H2,(H,22,26)(H,23,24). The van der Waals surface area contributed by atoms with Gasteiger partial charge >= 0.3 is 6.18 Å². The molecule has 3 rings (SSSR count). The third-order valence-electron chi connectivity index (χ3n) is 3.81. The first-order valence-electron chi connectivity index (χ1n) is 8.04. The third kappa shape index (κ3) is 4.56. The number of nitrogens with one attached hydrogen (secondary N) is 2. The number of nitrogens with zero attached hydrogens (tertiary/aromatic N) is 1. The highest BCUT2D eigenvalue weighted by Crippen LogP contribution is 2.30. The second-order valence-electron chi connectivity index (χ2n) is 5.81. The number of halogens is 3. The van der Waals surface area contributed by atoms with E-state index in [1.54, 1.807) is 18.2 Å². The van der Waals surface area contributed by atoms with Gasteiger partial charge in [0.15, 0.2) is 5.69 Å². The van der Waals surface area contributed by atoms with Crippen molar-refractivity contribution >= 4 is 16.8 Å². The van der Waals surface area contributed by atoms with Crippen molar-refractivity contribution in [3.8, 4) is 5.75 Å². The molecule has 27 heavy (non-hydrogen) atoms. The lowest BCUT2D eigenvalue weighted by molar-refractivity contribution is -0.137. The maximum atomic E-state index is 12.5. The van der Waals surface area contributed by atoms with E-state index in [2.05, 4.69) is 15.5 Å². The number of alkyl halides is 3. The molecule has 1 unspecified atom stereocenters. The number of para-hydroxylation sites is 1. The van der Waals surface area contributed by atoms with E-state index in [9.17, 15) is 23.1 Å². The summed E-state index contributed by atoms with van der Waals surface area (Å²) in [4.78, 5) is 12.2. The van der Waals surface area contributed by atoms with E-state index < -0.39 is 23.8 Å². The molecule has 1 heterocycles. The normalized spacial score (nSPS) is 12.7. The summed E-state index contributed by atoms with van der Waals surface area (Å²) in [6.45, 7) is -0.284. The Morgan fingerprint density at radius 2 is 1.89 bits per heavy atom. The molecule has 0 aliphatic carbocycles. The second-order valence-corrected chi connectivity index (χ2v) is 5.81. The topological polar surface area (TPSA) is 87.2 Å². The quantitative estimate of drug-likeness (QED) is 0.615. The Hall–Kier alpha value is -3.07. The monoisotopic (exact) mass is 379 g/mol. The Kier molecular flexibility index (Phi) is 5.31. The van der Waals surface area contributed by atoms with Crippen LogP contribution in [0.3, 0.4) is 0 Å². The number of benzene rings is 2. The first-order chi connectivity index (χ1) is 12.8. The molecule has 0 bridgehead atoms. The molecule has 1 aromatic heterocycles. The van der Waals surface area contributed by atoms with Gasteiger partial charge in [0.2, 0.25) is 0 Å². The van der Waals surface area contributed by atoms with Crippen molar-refractivity contribution in [2.45, 2.75) is 12.3 Å². The second kappa shape index (κ2) is 7.67. The number of fused-ring (bicyclic) bond motifs is 1. The molecule has 0 aliphatic heterocycles. The van der Waals surface area contributed by atoms with Gasteiger partial charge in [-0.15, -0.1) is 0 Å². The SMILES string of the molecule is O=C(NCC(O)COc1ccc(C(F)(F)F)cc1)c1n[nH]c2ccccc12. The summed E-state index contributed by atoms with van der Waals surface area (Å²) < 4.78 is 42.7. The van der Waals surface area contributed by atoms with Gasteiger partial charge in [0.25, 0.3) is 5.91 Å². The summed E-state index contributed by atoms with van der Waals surface area (Å²) in [6.07, 6.45) is -5.46. The van der Waals surface area contributed by atoms with Crippen molar-refractivity contribution in [2.75, 3.05) is 13.2 Å². The van der Waals surface area contributed by atoms with Crippen LogP contribution in [0.1, 0.15) is 16.1 Å². The van der Waals surface area contributed by atoms with E-state index in [-0.39, 0.29) is 24.6 Å². The fraction of sp³-hybridized carbons (Fsp3) is 0.222. The molecule has 142 valence electrons. The molecule has 3 N–H and O–H groups in total. The molecule has 0 radical (unpaired) electrons. The maximum Gasteiger partial charge on any atom is 0.416 e. The Balaban J connectivity index is 1.49. The summed E-state index contributed by atoms with van der Waals surface area (Å²) in [5.41, 5.74) is 0.143. The molecule has 0 fully saturated rings. The lowest BCUT2D eigenvalue weighted by Gasteiger charge is -2.13. The molecule has 1 amide bonds. The number of hydrogen-bond acceptors (Lipinski definition) is 4. The molecule has 3 aromatic rings. The number of ether oxygens (including phenoxy) is 1. The molecule has 0 spiro atoms. The van der Waals surface area contributed by atoms with Crippen molar-refractivity contribution in [1.82, 2.24) is 15.5 Å². The van der Waals surface area contributed by atoms with Gasteiger partial charge < -0.3 is 15.2 Å². The Morgan fingerprint density at radius 3 is 2.59 bits per heavy atom. The zero-order chi connectivity index (χ0) is 19.4. The molecule has 2 aromatic carbocycles. The van der Waals surface area contributed by atoms with Crippen LogP contribution in [0.25, 0.3) is 10.9 Å². The van der Waals surface area contributed by atoms with Crippen LogP contribution in [0.15, 0.2) is 48.5 Å². The molecule has 0 saturated carbocycles. The molecular formula is C18H16F3N3O3. The van der Waals surface area contributed by atoms with E-state index in [4.69, 9.17) is 4.74 Å². The number of aliphatic hydroxyl groups is 1. The van der Waals surface area contributed by atoms with Crippen LogP contribution < -0.4 is 10.1 Å². The number of aromatic amines is 1. The summed E-state index contributed by atoms with van der Waals surface area (Å²) >= 11 is 0. The predicted octanol–water partition coefficient (Wildman–Crippen LogP) is 2.75. The molecule has 0 aliphatic rings. The minimum Gasteiger partial charge on any atom is -0.491 e. The average Bonchev–Trinajstić information content (AvgIpc) is 3.08. The van der Waals surface area contributed by atoms with Crippen LogP contribution in [-0.2, 0) is 6.18 Å². The van der Waals surface area contributed by atoms with E-state index in [0.717, 1.165) is 12.1 Å². The van der Waals surface area contributed by atoms with Crippen molar-refractivity contribution in [2.24, 2.45) is 0 Å². The summed E-state index contributed by atoms with van der Waals surface area (Å²) in [5, 5.41) is 19.8. The van der Waals surface area contributed by atoms with Crippen molar-refractivity contribution in [3.63, 3.8) is 0 Å². The summed E-state index contributed by atoms with van der Waals surface area (Å²) in [6, 6.07) is 11.3. The highest BCUT2D eigenvalue weighted by Gasteiger charge is 2.30. The van der Waals surface area contributed by atoms with Gasteiger partial charge in [0.05, 0.1) is 11.1 Å². The number of carbonyl (C=O) groups excluding carboxylic acids is 1. The highest BCUT2D eigenvalue weighted by atomic mass is 19.4. The smallest absolute Gasteiger partial charge is 0.416 e. The summed E-state index contributed by atoms with van der Waals surface area (Å²) in [5.74, 6) is -0.271. The Bertz CT molecular complexity index is 923. The molecule has 9 heteroatoms. The number of aromatic nitrogens is 2. The molecular weight excluding hydrogens is 363 g/mol. The fourth-order valence-corrected chi connectivity index (χ4v) is 2.42. The zero-order valence-corrected chi connectivity index (χ0v) is 14.0. The van der Waals surface area contributed by atoms with Crippen LogP contribution in [0.2, 0.25) is 0 Å². The van der Waals surface area contributed by atoms with Crippen LogP contribution in [-0.4, -0.2) is 40.5 Å². The van der Waals surface area contributed by atoms with Gasteiger partial charge in [-0.05, 0) is 30.3 Å². The van der Waals surface area contributed by atoms with Gasteiger partial charge in [0.1, 0.15) is 18.5 Å². The van der Waals surface area contributed by atoms with Crippen LogP contribution >= 0.6 is 0 Å². The summed E-state index contributed by atoms with van der Waals surface area (Å²) in [7, 11) is 0. The van der Waals surface area contributed by atoms with Crippen LogP contribution in [0.4, 0.5) is 13.2 Å². The maximum absolute atomic E-state index is 12.5. The zero-order valence-electron chi connectivity index (χ0n) is 14.0. The fourth-order valence-electron chi connectivity index (χ4n) is 2.42. The highest BCUT2D eigenvalue weighted by molar-refractivity contribution is 6.04. The first-order valence-corrected chi connectivity index (χ1v) is 8.04. The van der Waals surface area contributed by atoms with Gasteiger partial charge in [0, 0.05) is 11.9 Å². The predicted molar refractivity (Wildman–Crippen MR) is 91.4 cm³/mol. The number of amides is 1. The lowest BCUT2D eigenvalue weighted by Crippen LogP contribution is -2.35. The van der Waals surface area contributed by atoms with E-state index in [1.807, 2.05) is 6.07 Å². The number of aliphatic hydroxyl groups excluding tert-OH is 1. The minimum atomic E-state index is -4.42. The first kappa shape index (κ1) is 18.7. The molecule has 1 atom stereocenters. The Labute approximate surface area is 152 Å². The third-order valence-corrected chi connectivity index (χ3v) is 3.81. The number of rotatable bonds is 6. The van der Waals surface area contributed by atoms with Gasteiger partial charge in [-0.2, -0.15) is 18.3 Å².